The van der Waals surface area contributed by atoms with E-state index in [9.17, 15) is 9.59 Å². The standard InChI is InChI=1S/C12H17N3O2S/c1-8-3-4-13-5-10(8)6-14-12(17)11(7-18)15-9(2)16/h3-5,11,18H,6-7H2,1-2H3,(H,14,17)(H,15,16). The fourth-order valence-electron chi connectivity index (χ4n) is 1.43. The van der Waals surface area contributed by atoms with Gasteiger partial charge >= 0.3 is 0 Å². The highest BCUT2D eigenvalue weighted by Gasteiger charge is 2.17. The molecule has 0 saturated heterocycles. The molecule has 98 valence electrons. The van der Waals surface area contributed by atoms with Gasteiger partial charge in [0.25, 0.3) is 0 Å². The molecular formula is C12H17N3O2S. The molecule has 6 heteroatoms. The quantitative estimate of drug-likeness (QED) is 0.678. The summed E-state index contributed by atoms with van der Waals surface area (Å²) in [5.41, 5.74) is 2.01. The van der Waals surface area contributed by atoms with Crippen LogP contribution in [0.3, 0.4) is 0 Å². The second-order valence-corrected chi connectivity index (χ2v) is 4.32. The van der Waals surface area contributed by atoms with Crippen molar-refractivity contribution < 1.29 is 9.59 Å². The fraction of sp³-hybridized carbons (Fsp3) is 0.417. The maximum Gasteiger partial charge on any atom is 0.243 e. The molecule has 0 aliphatic heterocycles. The fourth-order valence-corrected chi connectivity index (χ4v) is 1.68. The minimum atomic E-state index is -0.609. The Kier molecular flexibility index (Phi) is 5.64. The minimum absolute atomic E-state index is 0.247. The third kappa shape index (κ3) is 4.37. The van der Waals surface area contributed by atoms with Crippen molar-refractivity contribution in [3.63, 3.8) is 0 Å². The summed E-state index contributed by atoms with van der Waals surface area (Å²) in [6.45, 7) is 3.71. The molecule has 0 aromatic carbocycles. The summed E-state index contributed by atoms with van der Waals surface area (Å²) in [5.74, 6) is -0.234. The van der Waals surface area contributed by atoms with Crippen LogP contribution in [0.5, 0.6) is 0 Å². The first-order valence-corrected chi connectivity index (χ1v) is 6.23. The lowest BCUT2D eigenvalue weighted by atomic mass is 10.1. The summed E-state index contributed by atoms with van der Waals surface area (Å²) in [4.78, 5) is 26.7. The van der Waals surface area contributed by atoms with E-state index in [1.807, 2.05) is 13.0 Å². The Morgan fingerprint density at radius 3 is 2.78 bits per heavy atom. The molecule has 18 heavy (non-hydrogen) atoms. The first-order valence-electron chi connectivity index (χ1n) is 5.59. The van der Waals surface area contributed by atoms with E-state index >= 15 is 0 Å². The number of aromatic nitrogens is 1. The van der Waals surface area contributed by atoms with Crippen LogP contribution in [0, 0.1) is 6.92 Å². The lowest BCUT2D eigenvalue weighted by Crippen LogP contribution is -2.47. The van der Waals surface area contributed by atoms with Crippen LogP contribution in [0.2, 0.25) is 0 Å². The van der Waals surface area contributed by atoms with Crippen molar-refractivity contribution in [3.05, 3.63) is 29.6 Å². The van der Waals surface area contributed by atoms with E-state index in [1.165, 1.54) is 6.92 Å². The molecule has 0 saturated carbocycles. The van der Waals surface area contributed by atoms with Gasteiger partial charge < -0.3 is 10.6 Å². The van der Waals surface area contributed by atoms with Gasteiger partial charge in [-0.2, -0.15) is 12.6 Å². The molecule has 1 atom stereocenters. The number of hydrogen-bond acceptors (Lipinski definition) is 4. The monoisotopic (exact) mass is 267 g/mol. The molecule has 0 spiro atoms. The van der Waals surface area contributed by atoms with E-state index in [-0.39, 0.29) is 17.6 Å². The van der Waals surface area contributed by atoms with E-state index in [0.29, 0.717) is 6.54 Å². The van der Waals surface area contributed by atoms with Crippen LogP contribution in [0.4, 0.5) is 0 Å². The van der Waals surface area contributed by atoms with Gasteiger partial charge in [0.2, 0.25) is 11.8 Å². The van der Waals surface area contributed by atoms with Gasteiger partial charge in [-0.3, -0.25) is 14.6 Å². The molecule has 1 aromatic heterocycles. The van der Waals surface area contributed by atoms with Crippen LogP contribution in [0.25, 0.3) is 0 Å². The van der Waals surface area contributed by atoms with Gasteiger partial charge in [-0.1, -0.05) is 0 Å². The zero-order chi connectivity index (χ0) is 13.5. The Balaban J connectivity index is 2.54. The molecule has 1 rings (SSSR count). The number of aryl methyl sites for hydroxylation is 1. The Hall–Kier alpha value is -1.56. The molecule has 5 nitrogen and oxygen atoms in total. The van der Waals surface area contributed by atoms with Gasteiger partial charge in [0.15, 0.2) is 0 Å². The second kappa shape index (κ2) is 7.00. The molecule has 1 heterocycles. The van der Waals surface area contributed by atoms with Gasteiger partial charge in [0.05, 0.1) is 0 Å². The molecule has 2 amide bonds. The number of pyridine rings is 1. The van der Waals surface area contributed by atoms with Crippen LogP contribution in [0.1, 0.15) is 18.1 Å². The molecule has 1 aromatic rings. The van der Waals surface area contributed by atoms with Crippen molar-refractivity contribution in [1.29, 1.82) is 0 Å². The number of thiol groups is 1. The molecule has 0 fully saturated rings. The van der Waals surface area contributed by atoms with Gasteiger partial charge in [0, 0.05) is 31.6 Å². The topological polar surface area (TPSA) is 71.1 Å². The molecular weight excluding hydrogens is 250 g/mol. The zero-order valence-electron chi connectivity index (χ0n) is 10.4. The molecule has 0 radical (unpaired) electrons. The Morgan fingerprint density at radius 1 is 1.50 bits per heavy atom. The average molecular weight is 267 g/mol. The smallest absolute Gasteiger partial charge is 0.243 e. The summed E-state index contributed by atoms with van der Waals surface area (Å²) < 4.78 is 0. The van der Waals surface area contributed by atoms with Crippen molar-refractivity contribution >= 4 is 24.4 Å². The first-order chi connectivity index (χ1) is 8.54. The summed E-state index contributed by atoms with van der Waals surface area (Å²) >= 11 is 4.04. The SMILES string of the molecule is CC(=O)NC(CS)C(=O)NCc1cnccc1C. The van der Waals surface area contributed by atoms with E-state index in [1.54, 1.807) is 12.4 Å². The van der Waals surface area contributed by atoms with Gasteiger partial charge in [-0.05, 0) is 24.1 Å². The normalized spacial score (nSPS) is 11.7. The van der Waals surface area contributed by atoms with Crippen LogP contribution >= 0.6 is 12.6 Å². The first kappa shape index (κ1) is 14.5. The predicted molar refractivity (Wildman–Crippen MR) is 72.3 cm³/mol. The van der Waals surface area contributed by atoms with Crippen LogP contribution in [-0.2, 0) is 16.1 Å². The number of carbonyl (C=O) groups is 2. The lowest BCUT2D eigenvalue weighted by molar-refractivity contribution is -0.127. The maximum atomic E-state index is 11.8. The summed E-state index contributed by atoms with van der Waals surface area (Å²) in [5, 5.41) is 5.29. The van der Waals surface area contributed by atoms with E-state index in [0.717, 1.165) is 11.1 Å². The number of rotatable bonds is 5. The van der Waals surface area contributed by atoms with Crippen molar-refractivity contribution in [2.45, 2.75) is 26.4 Å². The van der Waals surface area contributed by atoms with Gasteiger partial charge in [-0.15, -0.1) is 0 Å². The Morgan fingerprint density at radius 2 is 2.22 bits per heavy atom. The lowest BCUT2D eigenvalue weighted by Gasteiger charge is -2.15. The van der Waals surface area contributed by atoms with Crippen LogP contribution in [-0.4, -0.2) is 28.6 Å². The number of hydrogen-bond donors (Lipinski definition) is 3. The Bertz CT molecular complexity index is 437. The van der Waals surface area contributed by atoms with Gasteiger partial charge in [-0.25, -0.2) is 0 Å². The maximum absolute atomic E-state index is 11.8. The van der Waals surface area contributed by atoms with Crippen molar-refractivity contribution in [2.75, 3.05) is 5.75 Å². The summed E-state index contributed by atoms with van der Waals surface area (Å²) in [6.07, 6.45) is 3.41. The number of nitrogens with one attached hydrogen (secondary N) is 2. The van der Waals surface area contributed by atoms with Crippen LogP contribution in [0.15, 0.2) is 18.5 Å². The molecule has 0 aliphatic rings. The summed E-state index contributed by atoms with van der Waals surface area (Å²) in [7, 11) is 0. The van der Waals surface area contributed by atoms with E-state index < -0.39 is 6.04 Å². The molecule has 2 N–H and O–H groups in total. The number of carbonyl (C=O) groups excluding carboxylic acids is 2. The highest BCUT2D eigenvalue weighted by molar-refractivity contribution is 7.80. The third-order valence-corrected chi connectivity index (χ3v) is 2.84. The van der Waals surface area contributed by atoms with Crippen LogP contribution < -0.4 is 10.6 Å². The van der Waals surface area contributed by atoms with Crippen molar-refractivity contribution in [3.8, 4) is 0 Å². The predicted octanol–water partition coefficient (Wildman–Crippen LogP) is 0.441. The van der Waals surface area contributed by atoms with E-state index in [2.05, 4.69) is 28.2 Å². The zero-order valence-corrected chi connectivity index (χ0v) is 11.3. The van der Waals surface area contributed by atoms with Crippen molar-refractivity contribution in [1.82, 2.24) is 15.6 Å². The molecule has 0 aliphatic carbocycles. The average Bonchev–Trinajstić information content (AvgIpc) is 2.34. The molecule has 0 bridgehead atoms. The molecule has 1 unspecified atom stereocenters. The number of nitrogens with zero attached hydrogens (tertiary/aromatic N) is 1. The van der Waals surface area contributed by atoms with E-state index in [4.69, 9.17) is 0 Å². The summed E-state index contributed by atoms with van der Waals surface area (Å²) in [6, 6.07) is 1.27. The highest BCUT2D eigenvalue weighted by atomic mass is 32.1. The van der Waals surface area contributed by atoms with Crippen molar-refractivity contribution in [2.24, 2.45) is 0 Å². The largest absolute Gasteiger partial charge is 0.350 e. The second-order valence-electron chi connectivity index (χ2n) is 3.96. The number of amides is 2. The Labute approximate surface area is 112 Å². The third-order valence-electron chi connectivity index (χ3n) is 2.48. The minimum Gasteiger partial charge on any atom is -0.350 e. The van der Waals surface area contributed by atoms with Gasteiger partial charge in [0.1, 0.15) is 6.04 Å². The highest BCUT2D eigenvalue weighted by Crippen LogP contribution is 2.04.